The first-order valence-electron chi connectivity index (χ1n) is 6.03. The zero-order valence-corrected chi connectivity index (χ0v) is 11.5. The van der Waals surface area contributed by atoms with Gasteiger partial charge in [0.15, 0.2) is 11.5 Å². The Morgan fingerprint density at radius 2 is 2.05 bits per heavy atom. The van der Waals surface area contributed by atoms with Crippen molar-refractivity contribution in [3.05, 3.63) is 58.9 Å². The van der Waals surface area contributed by atoms with Crippen molar-refractivity contribution in [3.63, 3.8) is 0 Å². The number of aromatic amines is 1. The highest BCUT2D eigenvalue weighted by atomic mass is 32.2. The predicted molar refractivity (Wildman–Crippen MR) is 74.1 cm³/mol. The molecule has 0 radical (unpaired) electrons. The summed E-state index contributed by atoms with van der Waals surface area (Å²) in [6.45, 7) is -0.00730. The summed E-state index contributed by atoms with van der Waals surface area (Å²) in [5.74, 6) is 0.471. The van der Waals surface area contributed by atoms with Crippen LogP contribution in [0.25, 0.3) is 5.65 Å². The first kappa shape index (κ1) is 13.5. The van der Waals surface area contributed by atoms with Crippen LogP contribution in [0.5, 0.6) is 0 Å². The zero-order chi connectivity index (χ0) is 14.9. The number of hydrogen-bond acceptors (Lipinski definition) is 5. The molecule has 0 fully saturated rings. The maximum absolute atomic E-state index is 12.1. The Hall–Kier alpha value is -2.52. The van der Waals surface area contributed by atoms with E-state index in [-0.39, 0.29) is 17.0 Å². The number of pyridine rings is 2. The summed E-state index contributed by atoms with van der Waals surface area (Å²) < 4.78 is 28.3. The van der Waals surface area contributed by atoms with Gasteiger partial charge in [0.05, 0.1) is 11.4 Å². The number of nitrogens with zero attached hydrogens (tertiary/aromatic N) is 3. The highest BCUT2D eigenvalue weighted by Crippen LogP contribution is 2.07. The van der Waals surface area contributed by atoms with Gasteiger partial charge in [-0.05, 0) is 18.2 Å². The van der Waals surface area contributed by atoms with Gasteiger partial charge in [-0.2, -0.15) is 0 Å². The second kappa shape index (κ2) is 5.11. The van der Waals surface area contributed by atoms with Gasteiger partial charge in [0.25, 0.3) is 0 Å². The molecule has 9 heteroatoms. The number of sulfonamides is 1. The topological polar surface area (TPSA) is 109 Å². The Bertz CT molecular complexity index is 924. The van der Waals surface area contributed by atoms with Crippen molar-refractivity contribution in [2.75, 3.05) is 0 Å². The molecule has 0 saturated carbocycles. The number of rotatable bonds is 4. The average Bonchev–Trinajstić information content (AvgIpc) is 2.89. The van der Waals surface area contributed by atoms with Gasteiger partial charge < -0.3 is 4.98 Å². The van der Waals surface area contributed by atoms with Crippen molar-refractivity contribution in [1.29, 1.82) is 0 Å². The van der Waals surface area contributed by atoms with Gasteiger partial charge in [-0.15, -0.1) is 10.2 Å². The van der Waals surface area contributed by atoms with Crippen LogP contribution in [0.4, 0.5) is 0 Å². The van der Waals surface area contributed by atoms with Crippen LogP contribution >= 0.6 is 0 Å². The molecule has 3 aromatic rings. The number of hydrogen-bond donors (Lipinski definition) is 2. The van der Waals surface area contributed by atoms with Gasteiger partial charge in [-0.1, -0.05) is 6.07 Å². The van der Waals surface area contributed by atoms with E-state index in [1.54, 1.807) is 22.7 Å². The van der Waals surface area contributed by atoms with Gasteiger partial charge in [0, 0.05) is 18.5 Å². The van der Waals surface area contributed by atoms with Crippen molar-refractivity contribution < 1.29 is 8.42 Å². The molecule has 3 aromatic heterocycles. The molecule has 0 aromatic carbocycles. The van der Waals surface area contributed by atoms with Crippen molar-refractivity contribution in [2.24, 2.45) is 0 Å². The molecule has 0 amide bonds. The number of H-pyrrole nitrogens is 1. The highest BCUT2D eigenvalue weighted by Gasteiger charge is 2.15. The Morgan fingerprint density at radius 1 is 1.19 bits per heavy atom. The summed E-state index contributed by atoms with van der Waals surface area (Å²) >= 11 is 0. The molecular weight excluding hydrogens is 294 g/mol. The molecule has 0 spiro atoms. The minimum atomic E-state index is -3.72. The predicted octanol–water partition coefficient (Wildman–Crippen LogP) is -0.104. The Labute approximate surface area is 119 Å². The van der Waals surface area contributed by atoms with Gasteiger partial charge in [0.2, 0.25) is 15.6 Å². The summed E-state index contributed by atoms with van der Waals surface area (Å²) in [7, 11) is -3.72. The van der Waals surface area contributed by atoms with Crippen LogP contribution in [-0.4, -0.2) is 28.0 Å². The van der Waals surface area contributed by atoms with Crippen LogP contribution in [0.2, 0.25) is 0 Å². The summed E-state index contributed by atoms with van der Waals surface area (Å²) in [5, 5.41) is 7.87. The van der Waals surface area contributed by atoms with E-state index >= 15 is 0 Å². The van der Waals surface area contributed by atoms with E-state index in [0.717, 1.165) is 12.3 Å². The summed E-state index contributed by atoms with van der Waals surface area (Å²) in [5.41, 5.74) is 0.271. The normalized spacial score (nSPS) is 11.8. The minimum Gasteiger partial charge on any atom is -0.328 e. The second-order valence-corrected chi connectivity index (χ2v) is 6.03. The minimum absolute atomic E-state index is 0.00730. The van der Waals surface area contributed by atoms with Crippen LogP contribution in [0.1, 0.15) is 5.82 Å². The maximum Gasteiger partial charge on any atom is 0.247 e. The van der Waals surface area contributed by atoms with Gasteiger partial charge in [-0.25, -0.2) is 13.1 Å². The van der Waals surface area contributed by atoms with E-state index in [4.69, 9.17) is 0 Å². The van der Waals surface area contributed by atoms with Crippen molar-refractivity contribution in [2.45, 2.75) is 11.4 Å². The maximum atomic E-state index is 12.1. The third-order valence-electron chi connectivity index (χ3n) is 2.87. The highest BCUT2D eigenvalue weighted by molar-refractivity contribution is 7.89. The van der Waals surface area contributed by atoms with Crippen LogP contribution in [0.15, 0.2) is 52.4 Å². The summed E-state index contributed by atoms with van der Waals surface area (Å²) in [4.78, 5) is 13.3. The molecule has 21 heavy (non-hydrogen) atoms. The third kappa shape index (κ3) is 2.69. The fraction of sp³-hybridized carbons (Fsp3) is 0.0833. The number of fused-ring (bicyclic) bond motifs is 1. The standard InChI is InChI=1S/C12H11N5O3S/c18-12-5-4-9(7-13-12)21(19,20)14-8-11-16-15-10-3-1-2-6-17(10)11/h1-7,14H,8H2,(H,13,18). The molecule has 0 saturated heterocycles. The lowest BCUT2D eigenvalue weighted by Gasteiger charge is -2.05. The molecule has 0 aliphatic carbocycles. The number of aromatic nitrogens is 4. The molecule has 0 atom stereocenters. The van der Waals surface area contributed by atoms with Crippen molar-refractivity contribution >= 4 is 15.7 Å². The third-order valence-corrected chi connectivity index (χ3v) is 4.27. The Morgan fingerprint density at radius 3 is 2.81 bits per heavy atom. The van der Waals surface area contributed by atoms with Gasteiger partial charge in [0.1, 0.15) is 0 Å². The van der Waals surface area contributed by atoms with E-state index in [0.29, 0.717) is 11.5 Å². The Kier molecular flexibility index (Phi) is 3.28. The smallest absolute Gasteiger partial charge is 0.247 e. The van der Waals surface area contributed by atoms with Crippen LogP contribution in [-0.2, 0) is 16.6 Å². The molecule has 3 rings (SSSR count). The van der Waals surface area contributed by atoms with E-state index in [2.05, 4.69) is 19.9 Å². The zero-order valence-electron chi connectivity index (χ0n) is 10.7. The SMILES string of the molecule is O=c1ccc(S(=O)(=O)NCc2nnc3ccccn23)c[nH]1. The molecule has 0 aliphatic rings. The summed E-state index contributed by atoms with van der Waals surface area (Å²) in [6, 6.07) is 7.78. The number of nitrogens with one attached hydrogen (secondary N) is 2. The quantitative estimate of drug-likeness (QED) is 0.699. The van der Waals surface area contributed by atoms with E-state index < -0.39 is 10.0 Å². The molecule has 0 bridgehead atoms. The van der Waals surface area contributed by atoms with Crippen LogP contribution < -0.4 is 10.3 Å². The van der Waals surface area contributed by atoms with Gasteiger partial charge in [-0.3, -0.25) is 9.20 Å². The van der Waals surface area contributed by atoms with E-state index in [1.165, 1.54) is 6.07 Å². The molecular formula is C12H11N5O3S. The fourth-order valence-electron chi connectivity index (χ4n) is 1.82. The monoisotopic (exact) mass is 305 g/mol. The van der Waals surface area contributed by atoms with Crippen LogP contribution in [0.3, 0.4) is 0 Å². The first-order valence-corrected chi connectivity index (χ1v) is 7.52. The largest absolute Gasteiger partial charge is 0.328 e. The lowest BCUT2D eigenvalue weighted by molar-refractivity contribution is 0.578. The lowest BCUT2D eigenvalue weighted by Crippen LogP contribution is -2.25. The average molecular weight is 305 g/mol. The van der Waals surface area contributed by atoms with E-state index in [9.17, 15) is 13.2 Å². The second-order valence-electron chi connectivity index (χ2n) is 4.26. The first-order chi connectivity index (χ1) is 10.1. The van der Waals surface area contributed by atoms with Crippen molar-refractivity contribution in [1.82, 2.24) is 24.3 Å². The fourth-order valence-corrected chi connectivity index (χ4v) is 2.76. The molecule has 108 valence electrons. The molecule has 8 nitrogen and oxygen atoms in total. The summed E-state index contributed by atoms with van der Waals surface area (Å²) in [6.07, 6.45) is 2.89. The molecule has 2 N–H and O–H groups in total. The molecule has 0 aliphatic heterocycles. The lowest BCUT2D eigenvalue weighted by atomic mass is 10.5. The van der Waals surface area contributed by atoms with E-state index in [1.807, 2.05) is 6.07 Å². The van der Waals surface area contributed by atoms with Crippen molar-refractivity contribution in [3.8, 4) is 0 Å². The molecule has 3 heterocycles. The van der Waals surface area contributed by atoms with Crippen LogP contribution in [0, 0.1) is 0 Å². The Balaban J connectivity index is 1.83. The van der Waals surface area contributed by atoms with Gasteiger partial charge >= 0.3 is 0 Å². The molecule has 0 unspecified atom stereocenters.